The Hall–Kier alpha value is 0.150. The maximum Gasteiger partial charge on any atom is 0.222 e. The first-order valence-electron chi connectivity index (χ1n) is 7.97. The van der Waals surface area contributed by atoms with Crippen LogP contribution in [-0.2, 0) is 9.36 Å². The van der Waals surface area contributed by atoms with Crippen LogP contribution < -0.4 is 0 Å². The monoisotopic (exact) mass is 324 g/mol. The molecule has 0 amide bonds. The Labute approximate surface area is 128 Å². The fourth-order valence-corrected chi connectivity index (χ4v) is 3.94. The SMILES string of the molecule is CCCCCCCCCCCCP(=O)(O)CCC(=O)Cl. The van der Waals surface area contributed by atoms with E-state index in [-0.39, 0.29) is 12.6 Å². The van der Waals surface area contributed by atoms with Crippen molar-refractivity contribution in [2.45, 2.75) is 77.6 Å². The summed E-state index contributed by atoms with van der Waals surface area (Å²) in [5, 5.41) is -0.526. The van der Waals surface area contributed by atoms with E-state index in [1.165, 1.54) is 44.9 Å². The predicted molar refractivity (Wildman–Crippen MR) is 86.9 cm³/mol. The molecule has 0 bridgehead atoms. The highest BCUT2D eigenvalue weighted by atomic mass is 35.5. The van der Waals surface area contributed by atoms with E-state index in [1.807, 2.05) is 0 Å². The van der Waals surface area contributed by atoms with Crippen LogP contribution in [0.2, 0.25) is 0 Å². The highest BCUT2D eigenvalue weighted by molar-refractivity contribution is 7.58. The zero-order valence-electron chi connectivity index (χ0n) is 12.8. The van der Waals surface area contributed by atoms with Crippen LogP contribution >= 0.6 is 19.0 Å². The molecule has 1 atom stereocenters. The minimum atomic E-state index is -3.13. The van der Waals surface area contributed by atoms with Gasteiger partial charge >= 0.3 is 0 Å². The summed E-state index contributed by atoms with van der Waals surface area (Å²) >= 11 is 5.18. The molecule has 0 radical (unpaired) electrons. The number of carbonyl (C=O) groups is 1. The topological polar surface area (TPSA) is 54.4 Å². The van der Waals surface area contributed by atoms with Crippen molar-refractivity contribution in [2.75, 3.05) is 12.3 Å². The molecular formula is C15H30ClO3P. The summed E-state index contributed by atoms with van der Waals surface area (Å²) in [5.74, 6) is 0. The Balaban J connectivity index is 3.34. The van der Waals surface area contributed by atoms with Gasteiger partial charge in [-0.2, -0.15) is 0 Å². The second kappa shape index (κ2) is 12.9. The standard InChI is InChI=1S/C15H30ClO3P/c1-2-3-4-5-6-7-8-9-10-11-13-20(18,19)14-12-15(16)17/h2-14H2,1H3,(H,18,19). The number of unbranched alkanes of at least 4 members (excludes halogenated alkanes) is 9. The van der Waals surface area contributed by atoms with Gasteiger partial charge in [-0.3, -0.25) is 9.36 Å². The predicted octanol–water partition coefficient (Wildman–Crippen LogP) is 5.33. The average Bonchev–Trinajstić information content (AvgIpc) is 2.39. The van der Waals surface area contributed by atoms with Crippen molar-refractivity contribution in [1.29, 1.82) is 0 Å². The van der Waals surface area contributed by atoms with E-state index in [0.717, 1.165) is 19.3 Å². The lowest BCUT2D eigenvalue weighted by Gasteiger charge is -2.09. The van der Waals surface area contributed by atoms with Gasteiger partial charge < -0.3 is 4.89 Å². The third kappa shape index (κ3) is 14.6. The molecule has 0 saturated heterocycles. The maximum absolute atomic E-state index is 11.7. The molecule has 0 aliphatic rings. The number of halogens is 1. The summed E-state index contributed by atoms with van der Waals surface area (Å²) in [6.07, 6.45) is 12.4. The van der Waals surface area contributed by atoms with Crippen LogP contribution in [-0.4, -0.2) is 22.5 Å². The molecule has 20 heavy (non-hydrogen) atoms. The molecule has 0 aromatic rings. The molecule has 0 spiro atoms. The largest absolute Gasteiger partial charge is 0.344 e. The van der Waals surface area contributed by atoms with Crippen LogP contribution in [0.4, 0.5) is 0 Å². The summed E-state index contributed by atoms with van der Waals surface area (Å²) in [7, 11) is -3.13. The molecule has 120 valence electrons. The highest BCUT2D eigenvalue weighted by Crippen LogP contribution is 2.42. The molecule has 1 N–H and O–H groups in total. The van der Waals surface area contributed by atoms with Crippen LogP contribution in [0.25, 0.3) is 0 Å². The number of rotatable bonds is 14. The van der Waals surface area contributed by atoms with Gasteiger partial charge in [-0.25, -0.2) is 0 Å². The van der Waals surface area contributed by atoms with E-state index in [4.69, 9.17) is 11.6 Å². The van der Waals surface area contributed by atoms with Crippen molar-refractivity contribution in [2.24, 2.45) is 0 Å². The minimum Gasteiger partial charge on any atom is -0.344 e. The molecule has 0 rings (SSSR count). The first-order valence-corrected chi connectivity index (χ1v) is 10.4. The van der Waals surface area contributed by atoms with E-state index in [0.29, 0.717) is 6.16 Å². The minimum absolute atomic E-state index is 0.00704. The van der Waals surface area contributed by atoms with Crippen molar-refractivity contribution in [3.05, 3.63) is 0 Å². The Bertz CT molecular complexity index is 295. The molecule has 0 saturated carbocycles. The lowest BCUT2D eigenvalue weighted by atomic mass is 10.1. The lowest BCUT2D eigenvalue weighted by molar-refractivity contribution is -0.111. The lowest BCUT2D eigenvalue weighted by Crippen LogP contribution is -1.98. The van der Waals surface area contributed by atoms with Crippen molar-refractivity contribution in [3.8, 4) is 0 Å². The van der Waals surface area contributed by atoms with Crippen molar-refractivity contribution >= 4 is 24.2 Å². The van der Waals surface area contributed by atoms with Crippen LogP contribution in [0.15, 0.2) is 0 Å². The maximum atomic E-state index is 11.7. The van der Waals surface area contributed by atoms with Crippen molar-refractivity contribution in [3.63, 3.8) is 0 Å². The van der Waals surface area contributed by atoms with Crippen LogP contribution in [0.1, 0.15) is 77.6 Å². The van der Waals surface area contributed by atoms with E-state index in [2.05, 4.69) is 6.92 Å². The number of carbonyl (C=O) groups excluding carboxylic acids is 1. The van der Waals surface area contributed by atoms with Gasteiger partial charge in [0.25, 0.3) is 0 Å². The van der Waals surface area contributed by atoms with E-state index in [1.54, 1.807) is 0 Å². The van der Waals surface area contributed by atoms with E-state index in [9.17, 15) is 14.3 Å². The second-order valence-corrected chi connectivity index (χ2v) is 8.59. The Kier molecular flexibility index (Phi) is 13.0. The zero-order chi connectivity index (χ0) is 15.3. The normalized spacial score (nSPS) is 14.2. The highest BCUT2D eigenvalue weighted by Gasteiger charge is 2.18. The van der Waals surface area contributed by atoms with Gasteiger partial charge in [-0.15, -0.1) is 0 Å². The summed E-state index contributed by atoms with van der Waals surface area (Å²) < 4.78 is 11.7. The molecule has 0 fully saturated rings. The molecule has 0 aliphatic heterocycles. The van der Waals surface area contributed by atoms with Gasteiger partial charge in [-0.05, 0) is 18.0 Å². The molecular weight excluding hydrogens is 295 g/mol. The number of hydrogen-bond donors (Lipinski definition) is 1. The third-order valence-corrected chi connectivity index (χ3v) is 5.65. The Morgan fingerprint density at radius 1 is 0.900 bits per heavy atom. The van der Waals surface area contributed by atoms with Gasteiger partial charge in [0, 0.05) is 18.7 Å². The van der Waals surface area contributed by atoms with Crippen LogP contribution in [0.3, 0.4) is 0 Å². The van der Waals surface area contributed by atoms with Gasteiger partial charge in [-0.1, -0.05) is 64.7 Å². The smallest absolute Gasteiger partial charge is 0.222 e. The molecule has 1 unspecified atom stereocenters. The van der Waals surface area contributed by atoms with Gasteiger partial charge in [0.1, 0.15) is 0 Å². The third-order valence-electron chi connectivity index (χ3n) is 3.52. The van der Waals surface area contributed by atoms with E-state index >= 15 is 0 Å². The zero-order valence-corrected chi connectivity index (χ0v) is 14.4. The van der Waals surface area contributed by atoms with Crippen molar-refractivity contribution in [1.82, 2.24) is 0 Å². The van der Waals surface area contributed by atoms with Gasteiger partial charge in [0.05, 0.1) is 0 Å². The summed E-state index contributed by atoms with van der Waals surface area (Å²) in [6, 6.07) is 0. The molecule has 5 heteroatoms. The van der Waals surface area contributed by atoms with Gasteiger partial charge in [0.15, 0.2) is 0 Å². The van der Waals surface area contributed by atoms with Gasteiger partial charge in [0.2, 0.25) is 12.6 Å². The molecule has 0 aromatic heterocycles. The molecule has 0 aliphatic carbocycles. The molecule has 3 nitrogen and oxygen atoms in total. The second-order valence-electron chi connectivity index (χ2n) is 5.58. The molecule has 0 heterocycles. The summed E-state index contributed by atoms with van der Waals surface area (Å²) in [4.78, 5) is 20.2. The fraction of sp³-hybridized carbons (Fsp3) is 0.933. The van der Waals surface area contributed by atoms with Crippen molar-refractivity contribution < 1.29 is 14.3 Å². The Morgan fingerprint density at radius 2 is 1.35 bits per heavy atom. The van der Waals surface area contributed by atoms with E-state index < -0.39 is 12.6 Å². The average molecular weight is 325 g/mol. The fourth-order valence-electron chi connectivity index (χ4n) is 2.22. The first-order chi connectivity index (χ1) is 9.48. The molecule has 0 aromatic carbocycles. The van der Waals surface area contributed by atoms with Crippen LogP contribution in [0, 0.1) is 0 Å². The summed E-state index contributed by atoms with van der Waals surface area (Å²) in [5.41, 5.74) is 0. The summed E-state index contributed by atoms with van der Waals surface area (Å²) in [6.45, 7) is 2.23. The quantitative estimate of drug-likeness (QED) is 0.267. The Morgan fingerprint density at radius 3 is 1.80 bits per heavy atom. The number of hydrogen-bond acceptors (Lipinski definition) is 2. The first kappa shape index (κ1) is 20.1. The van der Waals surface area contributed by atoms with Crippen LogP contribution in [0.5, 0.6) is 0 Å².